The number of fused-ring (bicyclic) bond motifs is 3. The Morgan fingerprint density at radius 2 is 2.04 bits per heavy atom. The second kappa shape index (κ2) is 6.87. The van der Waals surface area contributed by atoms with Crippen LogP contribution in [0.2, 0.25) is 0 Å². The van der Waals surface area contributed by atoms with Crippen LogP contribution in [-0.4, -0.2) is 33.3 Å². The van der Waals surface area contributed by atoms with Crippen molar-refractivity contribution >= 4 is 11.3 Å². The average Bonchev–Trinajstić information content (AvgIpc) is 3.17. The molecule has 1 aliphatic heterocycles. The predicted molar refractivity (Wildman–Crippen MR) is 98.1 cm³/mol. The van der Waals surface area contributed by atoms with Gasteiger partial charge in [-0.15, -0.1) is 21.5 Å². The fourth-order valence-electron chi connectivity index (χ4n) is 3.35. The molecule has 4 nitrogen and oxygen atoms in total. The SMILES string of the molecule is CN(CCc1nnc2n1CCCc1sccc1-2)Cc1ccccc1. The lowest BCUT2D eigenvalue weighted by Gasteiger charge is -2.16. The quantitative estimate of drug-likeness (QED) is 0.712. The molecule has 0 saturated carbocycles. The maximum atomic E-state index is 4.49. The first-order valence-corrected chi connectivity index (χ1v) is 9.40. The molecule has 0 N–H and O–H groups in total. The van der Waals surface area contributed by atoms with Gasteiger partial charge in [0.15, 0.2) is 5.82 Å². The highest BCUT2D eigenvalue weighted by Gasteiger charge is 2.20. The fourth-order valence-corrected chi connectivity index (χ4v) is 4.27. The number of hydrogen-bond donors (Lipinski definition) is 0. The van der Waals surface area contributed by atoms with Crippen LogP contribution in [-0.2, 0) is 25.9 Å². The molecule has 0 fully saturated rings. The Morgan fingerprint density at radius 1 is 1.17 bits per heavy atom. The number of thiophene rings is 1. The van der Waals surface area contributed by atoms with Gasteiger partial charge in [-0.1, -0.05) is 30.3 Å². The van der Waals surface area contributed by atoms with Crippen molar-refractivity contribution in [3.63, 3.8) is 0 Å². The van der Waals surface area contributed by atoms with E-state index in [1.807, 2.05) is 11.3 Å². The zero-order valence-electron chi connectivity index (χ0n) is 14.0. The number of aryl methyl sites for hydroxylation is 1. The summed E-state index contributed by atoms with van der Waals surface area (Å²) in [5, 5.41) is 11.2. The average molecular weight is 338 g/mol. The van der Waals surface area contributed by atoms with Gasteiger partial charge in [0.05, 0.1) is 0 Å². The van der Waals surface area contributed by atoms with E-state index >= 15 is 0 Å². The van der Waals surface area contributed by atoms with Crippen LogP contribution in [0, 0.1) is 0 Å². The van der Waals surface area contributed by atoms with Gasteiger partial charge in [-0.2, -0.15) is 0 Å². The van der Waals surface area contributed by atoms with E-state index in [4.69, 9.17) is 0 Å². The van der Waals surface area contributed by atoms with Crippen LogP contribution < -0.4 is 0 Å². The molecule has 1 aromatic carbocycles. The smallest absolute Gasteiger partial charge is 0.165 e. The standard InChI is InChI=1S/C19H22N4S/c1-22(14-15-6-3-2-4-7-15)12-9-18-20-21-19-16-10-13-24-17(16)8-5-11-23(18)19/h2-4,6-7,10,13H,5,8-9,11-12,14H2,1H3. The van der Waals surface area contributed by atoms with E-state index < -0.39 is 0 Å². The zero-order valence-corrected chi connectivity index (χ0v) is 14.8. The summed E-state index contributed by atoms with van der Waals surface area (Å²) >= 11 is 1.84. The van der Waals surface area contributed by atoms with E-state index in [0.29, 0.717) is 0 Å². The Kier molecular flexibility index (Phi) is 4.45. The summed E-state index contributed by atoms with van der Waals surface area (Å²) in [6.45, 7) is 2.99. The first kappa shape index (κ1) is 15.5. The number of aromatic nitrogens is 3. The van der Waals surface area contributed by atoms with E-state index in [1.165, 1.54) is 22.4 Å². The highest BCUT2D eigenvalue weighted by atomic mass is 32.1. The van der Waals surface area contributed by atoms with Gasteiger partial charge in [0.1, 0.15) is 5.82 Å². The maximum absolute atomic E-state index is 4.49. The number of hydrogen-bond acceptors (Lipinski definition) is 4. The summed E-state index contributed by atoms with van der Waals surface area (Å²) in [4.78, 5) is 3.80. The lowest BCUT2D eigenvalue weighted by molar-refractivity contribution is 0.326. The number of benzene rings is 1. The van der Waals surface area contributed by atoms with Gasteiger partial charge in [0, 0.05) is 36.5 Å². The normalized spacial score (nSPS) is 13.6. The summed E-state index contributed by atoms with van der Waals surface area (Å²) in [7, 11) is 2.17. The van der Waals surface area contributed by atoms with Crippen molar-refractivity contribution in [1.29, 1.82) is 0 Å². The molecule has 24 heavy (non-hydrogen) atoms. The van der Waals surface area contributed by atoms with Crippen molar-refractivity contribution in [3.8, 4) is 11.4 Å². The van der Waals surface area contributed by atoms with Crippen LogP contribution in [0.15, 0.2) is 41.8 Å². The molecule has 124 valence electrons. The van der Waals surface area contributed by atoms with Gasteiger partial charge in [-0.3, -0.25) is 0 Å². The van der Waals surface area contributed by atoms with Crippen LogP contribution >= 0.6 is 11.3 Å². The molecule has 0 saturated heterocycles. The molecule has 0 bridgehead atoms. The van der Waals surface area contributed by atoms with E-state index in [1.54, 1.807) is 0 Å². The summed E-state index contributed by atoms with van der Waals surface area (Å²) < 4.78 is 2.33. The van der Waals surface area contributed by atoms with E-state index in [9.17, 15) is 0 Å². The third kappa shape index (κ3) is 3.14. The van der Waals surface area contributed by atoms with E-state index in [2.05, 4.69) is 68.5 Å². The maximum Gasteiger partial charge on any atom is 0.165 e. The Balaban J connectivity index is 1.45. The number of likely N-dealkylation sites (N-methyl/N-ethyl adjacent to an activating group) is 1. The predicted octanol–water partition coefficient (Wildman–Crippen LogP) is 3.63. The minimum absolute atomic E-state index is 0.940. The third-order valence-electron chi connectivity index (χ3n) is 4.61. The zero-order chi connectivity index (χ0) is 16.4. The molecule has 5 heteroatoms. The molecule has 0 aliphatic carbocycles. The molecule has 0 atom stereocenters. The molecule has 0 radical (unpaired) electrons. The van der Waals surface area contributed by atoms with Gasteiger partial charge in [0.2, 0.25) is 0 Å². The van der Waals surface area contributed by atoms with Gasteiger partial charge in [-0.05, 0) is 36.9 Å². The van der Waals surface area contributed by atoms with Crippen molar-refractivity contribution < 1.29 is 0 Å². The van der Waals surface area contributed by atoms with Crippen molar-refractivity contribution in [3.05, 3.63) is 58.0 Å². The molecule has 4 rings (SSSR count). The molecule has 2 aromatic heterocycles. The minimum atomic E-state index is 0.940. The lowest BCUT2D eigenvalue weighted by atomic mass is 10.2. The van der Waals surface area contributed by atoms with E-state index in [0.717, 1.165) is 44.1 Å². The summed E-state index contributed by atoms with van der Waals surface area (Å²) in [6, 6.07) is 12.8. The Hall–Kier alpha value is -1.98. The Bertz CT molecular complexity index is 806. The molecule has 3 aromatic rings. The third-order valence-corrected chi connectivity index (χ3v) is 5.59. The number of rotatable bonds is 5. The van der Waals surface area contributed by atoms with Gasteiger partial charge in [-0.25, -0.2) is 0 Å². The van der Waals surface area contributed by atoms with Gasteiger partial charge in [0.25, 0.3) is 0 Å². The second-order valence-electron chi connectivity index (χ2n) is 6.43. The van der Waals surface area contributed by atoms with Crippen molar-refractivity contribution in [1.82, 2.24) is 19.7 Å². The largest absolute Gasteiger partial charge is 0.311 e. The minimum Gasteiger partial charge on any atom is -0.311 e. The molecule has 0 amide bonds. The first-order chi connectivity index (χ1) is 11.8. The van der Waals surface area contributed by atoms with Crippen LogP contribution in [0.25, 0.3) is 11.4 Å². The number of nitrogens with zero attached hydrogens (tertiary/aromatic N) is 4. The molecule has 1 aliphatic rings. The van der Waals surface area contributed by atoms with Gasteiger partial charge < -0.3 is 9.47 Å². The molecule has 0 spiro atoms. The highest BCUT2D eigenvalue weighted by molar-refractivity contribution is 7.10. The van der Waals surface area contributed by atoms with Crippen LogP contribution in [0.5, 0.6) is 0 Å². The van der Waals surface area contributed by atoms with Crippen molar-refractivity contribution in [2.45, 2.75) is 32.4 Å². The van der Waals surface area contributed by atoms with Gasteiger partial charge >= 0.3 is 0 Å². The highest BCUT2D eigenvalue weighted by Crippen LogP contribution is 2.31. The lowest BCUT2D eigenvalue weighted by Crippen LogP contribution is -2.22. The summed E-state index contributed by atoms with van der Waals surface area (Å²) in [6.07, 6.45) is 3.27. The molecule has 3 heterocycles. The van der Waals surface area contributed by atoms with Crippen LogP contribution in [0.1, 0.15) is 22.7 Å². The fraction of sp³-hybridized carbons (Fsp3) is 0.368. The first-order valence-electron chi connectivity index (χ1n) is 8.52. The topological polar surface area (TPSA) is 34.0 Å². The molecular formula is C19H22N4S. The summed E-state index contributed by atoms with van der Waals surface area (Å²) in [5.41, 5.74) is 2.64. The summed E-state index contributed by atoms with van der Waals surface area (Å²) in [5.74, 6) is 2.17. The monoisotopic (exact) mass is 338 g/mol. The Morgan fingerprint density at radius 3 is 2.92 bits per heavy atom. The molecule has 0 unspecified atom stereocenters. The van der Waals surface area contributed by atoms with Crippen LogP contribution in [0.4, 0.5) is 0 Å². The van der Waals surface area contributed by atoms with Crippen molar-refractivity contribution in [2.24, 2.45) is 0 Å². The molecular weight excluding hydrogens is 316 g/mol. The van der Waals surface area contributed by atoms with Crippen molar-refractivity contribution in [2.75, 3.05) is 13.6 Å². The second-order valence-corrected chi connectivity index (χ2v) is 7.43. The Labute approximate surface area is 146 Å². The van der Waals surface area contributed by atoms with E-state index in [-0.39, 0.29) is 0 Å². The van der Waals surface area contributed by atoms with Crippen LogP contribution in [0.3, 0.4) is 0 Å².